The van der Waals surface area contributed by atoms with E-state index in [1.807, 2.05) is 36.0 Å². The molecule has 2 bridgehead atoms. The Morgan fingerprint density at radius 1 is 0.917 bits per heavy atom. The molecule has 1 saturated carbocycles. The van der Waals surface area contributed by atoms with E-state index >= 15 is 4.39 Å². The smallest absolute Gasteiger partial charge is 0.319 e. The van der Waals surface area contributed by atoms with Crippen LogP contribution in [0.3, 0.4) is 0 Å². The van der Waals surface area contributed by atoms with Crippen LogP contribution >= 0.6 is 0 Å². The number of halogens is 1. The van der Waals surface area contributed by atoms with Gasteiger partial charge in [-0.05, 0) is 94.4 Å². The van der Waals surface area contributed by atoms with Gasteiger partial charge in [0.1, 0.15) is 36.6 Å². The van der Waals surface area contributed by atoms with Crippen molar-refractivity contribution in [3.63, 3.8) is 0 Å². The summed E-state index contributed by atoms with van der Waals surface area (Å²) in [6.45, 7) is 13.1. The van der Waals surface area contributed by atoms with Crippen LogP contribution in [0.1, 0.15) is 114 Å². The second-order valence-corrected chi connectivity index (χ2v) is 18.3. The lowest BCUT2D eigenvalue weighted by Gasteiger charge is -2.37. The number of piperazine rings is 1. The summed E-state index contributed by atoms with van der Waals surface area (Å²) in [6, 6.07) is 15.1. The first-order valence-electron chi connectivity index (χ1n) is 22.5. The molecule has 1 aliphatic carbocycles. The lowest BCUT2D eigenvalue weighted by atomic mass is 9.88. The Balaban J connectivity index is 1.14. The summed E-state index contributed by atoms with van der Waals surface area (Å²) < 4.78 is 50.6. The van der Waals surface area contributed by atoms with Gasteiger partial charge in [-0.3, -0.25) is 4.90 Å². The monoisotopic (exact) mass is 818 g/mol. The SMILES string of the molecule is CCCC(C)(C)OCN1C[C@@H]2C[C@H]1CN2c1nc(OC2CCOCC2)nc2c(OCc3ccccc3)c(-c3c(C)c(F)cc4c3cnn4C3CCCCO3)c(C3CC3)cc12. The van der Waals surface area contributed by atoms with Gasteiger partial charge in [-0.2, -0.15) is 15.1 Å². The minimum atomic E-state index is -0.280. The summed E-state index contributed by atoms with van der Waals surface area (Å²) in [5.41, 5.74) is 5.67. The van der Waals surface area contributed by atoms with Crippen LogP contribution in [0.4, 0.5) is 10.2 Å². The zero-order valence-corrected chi connectivity index (χ0v) is 35.6. The number of aromatic nitrogens is 4. The van der Waals surface area contributed by atoms with E-state index in [1.165, 1.54) is 0 Å². The fourth-order valence-electron chi connectivity index (χ4n) is 10.1. The molecule has 0 N–H and O–H groups in total. The van der Waals surface area contributed by atoms with Crippen molar-refractivity contribution < 1.29 is 28.1 Å². The number of rotatable bonds is 14. The van der Waals surface area contributed by atoms with Crippen LogP contribution < -0.4 is 14.4 Å². The van der Waals surface area contributed by atoms with Crippen molar-refractivity contribution in [2.75, 3.05) is 44.5 Å². The van der Waals surface area contributed by atoms with E-state index in [4.69, 9.17) is 38.8 Å². The predicted molar refractivity (Wildman–Crippen MR) is 230 cm³/mol. The van der Waals surface area contributed by atoms with Crippen molar-refractivity contribution in [1.29, 1.82) is 0 Å². The number of hydrogen-bond acceptors (Lipinski definition) is 10. The molecule has 0 amide bonds. The van der Waals surface area contributed by atoms with Crippen LogP contribution in [0.25, 0.3) is 32.9 Å². The first kappa shape index (κ1) is 39.8. The molecule has 10 rings (SSSR count). The molecule has 60 heavy (non-hydrogen) atoms. The van der Waals surface area contributed by atoms with Gasteiger partial charge in [-0.25, -0.2) is 9.07 Å². The molecule has 12 heteroatoms. The van der Waals surface area contributed by atoms with E-state index in [0.29, 0.717) is 62.0 Å². The van der Waals surface area contributed by atoms with E-state index in [0.717, 1.165) is 122 Å². The Kier molecular flexibility index (Phi) is 10.9. The maximum absolute atomic E-state index is 16.5. The Morgan fingerprint density at radius 2 is 1.75 bits per heavy atom. The molecule has 318 valence electrons. The van der Waals surface area contributed by atoms with Gasteiger partial charge in [0, 0.05) is 72.6 Å². The average Bonchev–Trinajstić information content (AvgIpc) is 3.72. The molecule has 0 spiro atoms. The van der Waals surface area contributed by atoms with Crippen molar-refractivity contribution in [2.24, 2.45) is 0 Å². The van der Waals surface area contributed by atoms with E-state index in [9.17, 15) is 0 Å². The van der Waals surface area contributed by atoms with E-state index in [2.05, 4.69) is 48.8 Å². The largest absolute Gasteiger partial charge is 0.486 e. The topological polar surface area (TPSA) is 96.2 Å². The number of anilines is 1. The summed E-state index contributed by atoms with van der Waals surface area (Å²) >= 11 is 0. The highest BCUT2D eigenvalue weighted by Gasteiger charge is 2.45. The molecule has 4 aliphatic heterocycles. The Morgan fingerprint density at radius 3 is 2.48 bits per heavy atom. The molecular formula is C48H59FN6O5. The van der Waals surface area contributed by atoms with Gasteiger partial charge in [0.25, 0.3) is 0 Å². The Bertz CT molecular complexity index is 2340. The lowest BCUT2D eigenvalue weighted by molar-refractivity contribution is -0.0827. The summed E-state index contributed by atoms with van der Waals surface area (Å²) in [5.74, 6) is 1.52. The third kappa shape index (κ3) is 7.73. The highest BCUT2D eigenvalue weighted by atomic mass is 19.1. The third-order valence-corrected chi connectivity index (χ3v) is 13.5. The maximum atomic E-state index is 16.5. The number of hydrogen-bond donors (Lipinski definition) is 0. The number of ether oxygens (including phenoxy) is 5. The minimum absolute atomic E-state index is 0.0602. The van der Waals surface area contributed by atoms with Gasteiger partial charge in [0.15, 0.2) is 12.0 Å². The second-order valence-electron chi connectivity index (χ2n) is 18.3. The molecule has 6 heterocycles. The van der Waals surface area contributed by atoms with Crippen molar-refractivity contribution >= 4 is 27.6 Å². The van der Waals surface area contributed by atoms with E-state index in [1.54, 1.807) is 6.07 Å². The van der Waals surface area contributed by atoms with Crippen molar-refractivity contribution in [3.8, 4) is 22.9 Å². The van der Waals surface area contributed by atoms with Crippen molar-refractivity contribution in [3.05, 3.63) is 71.2 Å². The van der Waals surface area contributed by atoms with Gasteiger partial charge in [0.05, 0.1) is 30.5 Å². The van der Waals surface area contributed by atoms with E-state index in [-0.39, 0.29) is 35.7 Å². The number of likely N-dealkylation sites (tertiary alicyclic amines) is 1. The number of nitrogens with zero attached hydrogens (tertiary/aromatic N) is 6. The fraction of sp³-hybridized carbons (Fsp3) is 0.562. The first-order chi connectivity index (χ1) is 29.2. The molecule has 5 aliphatic rings. The standard InChI is InChI=1S/C48H59FN6O5/c1-5-18-48(3,4)59-29-53-26-34-22-33(53)27-54(34)46-37-23-36(32-14-15-32)43(42-30(2)39(49)24-40-38(42)25-50-55(40)41-13-9-10-19-57-41)45(58-28-31-11-7-6-8-12-31)44(37)51-47(52-46)60-35-16-20-56-21-17-35/h6-8,11-12,23-25,32-35,41H,5,9-10,13-22,26-29H2,1-4H3/t33-,34-,41?/m0/s1. The van der Waals surface area contributed by atoms with Crippen LogP contribution in [0.2, 0.25) is 0 Å². The maximum Gasteiger partial charge on any atom is 0.319 e. The van der Waals surface area contributed by atoms with Crippen LogP contribution in [0.5, 0.6) is 11.8 Å². The normalized spacial score (nSPS) is 22.7. The molecule has 11 nitrogen and oxygen atoms in total. The summed E-state index contributed by atoms with van der Waals surface area (Å²) in [6.07, 6.45) is 11.3. The van der Waals surface area contributed by atoms with Crippen LogP contribution in [0, 0.1) is 12.7 Å². The van der Waals surface area contributed by atoms with Crippen LogP contribution in [0.15, 0.2) is 48.7 Å². The molecule has 0 radical (unpaired) electrons. The second kappa shape index (κ2) is 16.5. The third-order valence-electron chi connectivity index (χ3n) is 13.5. The highest BCUT2D eigenvalue weighted by Crippen LogP contribution is 2.54. The van der Waals surface area contributed by atoms with E-state index < -0.39 is 0 Å². The molecular weight excluding hydrogens is 760 g/mol. The molecule has 5 aromatic rings. The zero-order valence-electron chi connectivity index (χ0n) is 35.6. The lowest BCUT2D eigenvalue weighted by Crippen LogP contribution is -2.48. The summed E-state index contributed by atoms with van der Waals surface area (Å²) in [4.78, 5) is 15.6. The molecule has 3 atom stereocenters. The van der Waals surface area contributed by atoms with Crippen molar-refractivity contribution in [2.45, 2.75) is 134 Å². The van der Waals surface area contributed by atoms with Crippen LogP contribution in [-0.2, 0) is 20.8 Å². The first-order valence-corrected chi connectivity index (χ1v) is 22.5. The average molecular weight is 819 g/mol. The Labute approximate surface area is 352 Å². The van der Waals surface area contributed by atoms with Gasteiger partial charge < -0.3 is 28.6 Å². The molecule has 3 aromatic carbocycles. The number of fused-ring (bicyclic) bond motifs is 4. The highest BCUT2D eigenvalue weighted by molar-refractivity contribution is 6.06. The molecule has 2 aromatic heterocycles. The zero-order chi connectivity index (χ0) is 41.0. The van der Waals surface area contributed by atoms with Crippen molar-refractivity contribution in [1.82, 2.24) is 24.6 Å². The quantitative estimate of drug-likeness (QED) is 0.108. The van der Waals surface area contributed by atoms with Gasteiger partial charge in [-0.1, -0.05) is 43.7 Å². The molecule has 4 saturated heterocycles. The minimum Gasteiger partial charge on any atom is -0.486 e. The predicted octanol–water partition coefficient (Wildman–Crippen LogP) is 9.62. The van der Waals surface area contributed by atoms with Crippen LogP contribution in [-0.4, -0.2) is 88.1 Å². The molecule has 1 unspecified atom stereocenters. The summed E-state index contributed by atoms with van der Waals surface area (Å²) in [7, 11) is 0. The summed E-state index contributed by atoms with van der Waals surface area (Å²) in [5, 5.41) is 6.70. The Hall–Kier alpha value is -4.36. The number of benzene rings is 3. The molecule has 5 fully saturated rings. The van der Waals surface area contributed by atoms with Gasteiger partial charge in [-0.15, -0.1) is 0 Å². The van der Waals surface area contributed by atoms with Gasteiger partial charge >= 0.3 is 6.01 Å². The fourth-order valence-corrected chi connectivity index (χ4v) is 10.1. The van der Waals surface area contributed by atoms with Gasteiger partial charge in [0.2, 0.25) is 0 Å².